The molecule has 18 nitrogen and oxygen atoms in total. The number of likely N-dealkylation sites (tertiary alicyclic amines) is 2. The number of aromatic nitrogens is 12. The van der Waals surface area contributed by atoms with Gasteiger partial charge in [-0.25, -0.2) is 36.9 Å². The lowest BCUT2D eigenvalue weighted by Gasteiger charge is -2.53. The fraction of sp³-hybridized carbons (Fsp3) is 0.542. The van der Waals surface area contributed by atoms with Gasteiger partial charge in [0.15, 0.2) is 23.3 Å². The summed E-state index contributed by atoms with van der Waals surface area (Å²) in [5.41, 5.74) is 9.03. The van der Waals surface area contributed by atoms with E-state index in [4.69, 9.17) is 17.3 Å². The molecule has 0 bridgehead atoms. The van der Waals surface area contributed by atoms with Gasteiger partial charge in [-0.1, -0.05) is 0 Å². The van der Waals surface area contributed by atoms with E-state index in [1.807, 2.05) is 0 Å². The highest BCUT2D eigenvalue weighted by atomic mass is 35.5. The van der Waals surface area contributed by atoms with Gasteiger partial charge in [0, 0.05) is 34.2 Å². The predicted molar refractivity (Wildman–Crippen MR) is 264 cm³/mol. The zero-order valence-electron chi connectivity index (χ0n) is 41.8. The first-order chi connectivity index (χ1) is 33.4. The molecule has 71 heavy (non-hydrogen) atoms. The van der Waals surface area contributed by atoms with E-state index in [2.05, 4.69) is 146 Å². The third-order valence-electron chi connectivity index (χ3n) is 14.5. The number of benzene rings is 2. The highest BCUT2D eigenvalue weighted by molar-refractivity contribution is 6.28. The average molecular weight is 1000 g/mol. The van der Waals surface area contributed by atoms with Gasteiger partial charge in [0.25, 0.3) is 0 Å². The first-order valence-electron chi connectivity index (χ1n) is 23.8. The average Bonchev–Trinajstić information content (AvgIpc) is 4.21. The molecule has 6 aromatic rings. The smallest absolute Gasteiger partial charge is 0.229 e. The second-order valence-electron chi connectivity index (χ2n) is 21.6. The lowest BCUT2D eigenvalue weighted by Crippen LogP contribution is -2.61. The number of anilines is 5. The van der Waals surface area contributed by atoms with Gasteiger partial charge in [-0.3, -0.25) is 9.80 Å². The summed E-state index contributed by atoms with van der Waals surface area (Å²) < 4.78 is 59.9. The number of nitrogens with two attached hydrogens (primary N) is 1. The summed E-state index contributed by atoms with van der Waals surface area (Å²) in [6.45, 7) is 17.5. The monoisotopic (exact) mass is 1000 g/mol. The Labute approximate surface area is 416 Å². The van der Waals surface area contributed by atoms with Crippen LogP contribution in [0.4, 0.5) is 46.5 Å². The molecule has 2 aliphatic heterocycles. The van der Waals surface area contributed by atoms with Crippen molar-refractivity contribution in [3.63, 3.8) is 0 Å². The Morgan fingerprint density at radius 2 is 1.03 bits per heavy atom. The third kappa shape index (κ3) is 11.8. The van der Waals surface area contributed by atoms with Gasteiger partial charge in [0.1, 0.15) is 24.3 Å². The van der Waals surface area contributed by atoms with Crippen LogP contribution in [0.2, 0.25) is 5.28 Å². The third-order valence-corrected chi connectivity index (χ3v) is 14.7. The van der Waals surface area contributed by atoms with Gasteiger partial charge < -0.3 is 21.7 Å². The Balaban J connectivity index is 0.000000158. The van der Waals surface area contributed by atoms with Gasteiger partial charge in [-0.2, -0.15) is 9.97 Å². The summed E-state index contributed by atoms with van der Waals surface area (Å²) in [6, 6.07) is 6.39. The van der Waals surface area contributed by atoms with Gasteiger partial charge in [-0.15, -0.1) is 10.2 Å². The molecule has 10 rings (SSSR count). The van der Waals surface area contributed by atoms with Crippen molar-refractivity contribution in [2.24, 2.45) is 0 Å². The highest BCUT2D eigenvalue weighted by Crippen LogP contribution is 2.45. The molecule has 0 amide bonds. The molecule has 2 saturated carbocycles. The number of halogens is 5. The number of nitrogens with one attached hydrogen (secondary N) is 3. The van der Waals surface area contributed by atoms with E-state index in [0.717, 1.165) is 80.6 Å². The molecule has 0 radical (unpaired) electrons. The van der Waals surface area contributed by atoms with Crippen molar-refractivity contribution in [1.82, 2.24) is 70.2 Å². The van der Waals surface area contributed by atoms with E-state index < -0.39 is 17.5 Å². The number of tetrazole rings is 2. The fourth-order valence-corrected chi connectivity index (χ4v) is 10.2. The summed E-state index contributed by atoms with van der Waals surface area (Å²) >= 11 is 5.73. The molecule has 6 heterocycles. The molecule has 4 aromatic heterocycles. The Morgan fingerprint density at radius 1 is 0.592 bits per heavy atom. The van der Waals surface area contributed by atoms with Gasteiger partial charge in [-0.05, 0) is 201 Å². The molecule has 2 aliphatic carbocycles. The molecular weight excluding hydrogens is 940 g/mol. The SMILES string of the molecule is CN1C(C)(C)CC(Nc2nc(Cl)ncc2F)CC1(C)C.CN1C(C)(C)CC(Nc2nc(Nc3cc(-n4cnnn4)c(C4CC4)cc3F)ncc2F)CC1(C)C.Nc1cc(-n2cnnn2)c(C2CC2)cc1F. The molecule has 0 unspecified atom stereocenters. The van der Waals surface area contributed by atoms with Crippen LogP contribution in [0.1, 0.15) is 130 Å². The summed E-state index contributed by atoms with van der Waals surface area (Å²) in [5, 5.41) is 31.7. The Bertz CT molecular complexity index is 2780. The molecule has 4 aliphatic rings. The lowest BCUT2D eigenvalue weighted by molar-refractivity contribution is -0.00807. The minimum Gasteiger partial charge on any atom is -0.396 e. The Kier molecular flexibility index (Phi) is 14.3. The van der Waals surface area contributed by atoms with Crippen LogP contribution in [0.3, 0.4) is 0 Å². The van der Waals surface area contributed by atoms with Crippen LogP contribution in [-0.4, -0.2) is 118 Å². The molecule has 0 spiro atoms. The van der Waals surface area contributed by atoms with Crippen LogP contribution in [0.15, 0.2) is 49.3 Å². The fourth-order valence-electron chi connectivity index (χ4n) is 10.1. The molecule has 23 heteroatoms. The molecule has 2 saturated heterocycles. The number of nitrogens with zero attached hydrogens (tertiary/aromatic N) is 14. The summed E-state index contributed by atoms with van der Waals surface area (Å²) in [5.74, 6) is -0.753. The minimum absolute atomic E-state index is 0.0226. The normalized spacial score (nSPS) is 19.8. The van der Waals surface area contributed by atoms with E-state index in [1.54, 1.807) is 12.1 Å². The Morgan fingerprint density at radius 3 is 1.48 bits per heavy atom. The molecular formula is C48H63ClF4N18. The largest absolute Gasteiger partial charge is 0.396 e. The highest BCUT2D eigenvalue weighted by Gasteiger charge is 2.44. The molecule has 380 valence electrons. The van der Waals surface area contributed by atoms with Crippen molar-refractivity contribution in [3.05, 3.63) is 89.0 Å². The maximum Gasteiger partial charge on any atom is 0.229 e. The van der Waals surface area contributed by atoms with Crippen LogP contribution >= 0.6 is 11.6 Å². The molecule has 2 aromatic carbocycles. The predicted octanol–water partition coefficient (Wildman–Crippen LogP) is 9.01. The maximum absolute atomic E-state index is 15.0. The minimum atomic E-state index is -0.552. The van der Waals surface area contributed by atoms with Crippen LogP contribution in [0.25, 0.3) is 11.4 Å². The second kappa shape index (κ2) is 19.8. The van der Waals surface area contributed by atoms with Crippen LogP contribution < -0.4 is 21.7 Å². The van der Waals surface area contributed by atoms with E-state index in [9.17, 15) is 13.2 Å². The van der Waals surface area contributed by atoms with E-state index in [0.29, 0.717) is 17.5 Å². The second-order valence-corrected chi connectivity index (χ2v) is 21.9. The summed E-state index contributed by atoms with van der Waals surface area (Å²) in [4.78, 5) is 20.7. The van der Waals surface area contributed by atoms with Crippen molar-refractivity contribution in [2.45, 2.75) is 153 Å². The summed E-state index contributed by atoms with van der Waals surface area (Å²) in [6.07, 6.45) is 12.8. The zero-order valence-corrected chi connectivity index (χ0v) is 42.6. The molecule has 0 atom stereocenters. The van der Waals surface area contributed by atoms with Crippen molar-refractivity contribution in [3.8, 4) is 11.4 Å². The van der Waals surface area contributed by atoms with Crippen molar-refractivity contribution in [1.29, 1.82) is 0 Å². The molecule has 4 fully saturated rings. The molecule has 5 N–H and O–H groups in total. The topological polar surface area (TPSA) is 207 Å². The van der Waals surface area contributed by atoms with Gasteiger partial charge >= 0.3 is 0 Å². The first kappa shape index (κ1) is 51.2. The number of rotatable bonds is 10. The van der Waals surface area contributed by atoms with Gasteiger partial charge in [0.2, 0.25) is 11.2 Å². The van der Waals surface area contributed by atoms with Crippen LogP contribution in [0, 0.1) is 23.3 Å². The quantitative estimate of drug-likeness (QED) is 0.0574. The van der Waals surface area contributed by atoms with E-state index in [-0.39, 0.29) is 74.3 Å². The van der Waals surface area contributed by atoms with E-state index >= 15 is 4.39 Å². The van der Waals surface area contributed by atoms with Crippen molar-refractivity contribution in [2.75, 3.05) is 35.8 Å². The maximum atomic E-state index is 15.0. The lowest BCUT2D eigenvalue weighted by atomic mass is 9.77. The van der Waals surface area contributed by atoms with Crippen molar-refractivity contribution >= 4 is 40.6 Å². The van der Waals surface area contributed by atoms with Crippen molar-refractivity contribution < 1.29 is 17.6 Å². The van der Waals surface area contributed by atoms with E-state index in [1.165, 1.54) is 34.2 Å². The Hall–Kier alpha value is -6.13. The van der Waals surface area contributed by atoms with Crippen LogP contribution in [0.5, 0.6) is 0 Å². The standard InChI is InChI=1S/C24H31F2N9.C14H22ClFN4.C10H10FN5/c1-23(2)10-15(11-24(3,4)34(23)5)29-21-18(26)12-27-22(31-21)30-19-9-20(35-13-28-32-33-35)16(8-17(19)25)14-6-7-14;1-13(2)6-9(7-14(3,4)20(13)5)18-11-10(16)8-17-12(15)19-11;11-8-3-7(6-1-2-6)10(4-9(8)12)16-5-13-14-15-16/h8-9,12-15H,6-7,10-11H2,1-5H3,(H2,27,29,30,31);8-9H,6-7H2,1-5H3,(H,17,18,19);3-6H,1-2,12H2. The van der Waals surface area contributed by atoms with Crippen LogP contribution in [-0.2, 0) is 0 Å². The number of piperidine rings is 2. The van der Waals surface area contributed by atoms with Gasteiger partial charge in [0.05, 0.1) is 35.1 Å². The number of nitrogen functional groups attached to an aromatic ring is 1. The number of hydrogen-bond donors (Lipinski definition) is 4. The zero-order chi connectivity index (χ0) is 51.2. The first-order valence-corrected chi connectivity index (χ1v) is 24.2. The number of hydrogen-bond acceptors (Lipinski definition) is 16. The summed E-state index contributed by atoms with van der Waals surface area (Å²) in [7, 11) is 4.26.